The molecule has 1 aromatic rings. The van der Waals surface area contributed by atoms with Gasteiger partial charge < -0.3 is 10.0 Å². The summed E-state index contributed by atoms with van der Waals surface area (Å²) in [5.74, 6) is -1.72. The van der Waals surface area contributed by atoms with Gasteiger partial charge in [0.05, 0.1) is 16.6 Å². The molecule has 0 bridgehead atoms. The minimum atomic E-state index is -3.32. The fourth-order valence-corrected chi connectivity index (χ4v) is 4.04. The van der Waals surface area contributed by atoms with Gasteiger partial charge in [-0.15, -0.1) is 0 Å². The van der Waals surface area contributed by atoms with E-state index in [0.29, 0.717) is 12.0 Å². The Morgan fingerprint density at radius 2 is 1.84 bits per heavy atom. The molecular formula is C18H25NO5S. The normalized spacial score (nSPS) is 15.6. The first-order valence-corrected chi connectivity index (χ1v) is 10.3. The summed E-state index contributed by atoms with van der Waals surface area (Å²) >= 11 is 0. The van der Waals surface area contributed by atoms with Gasteiger partial charge in [0.2, 0.25) is 0 Å². The highest BCUT2D eigenvalue weighted by molar-refractivity contribution is 7.91. The summed E-state index contributed by atoms with van der Waals surface area (Å²) in [6.07, 6.45) is 3.16. The Morgan fingerprint density at radius 3 is 2.32 bits per heavy atom. The summed E-state index contributed by atoms with van der Waals surface area (Å²) in [6.45, 7) is 3.67. The van der Waals surface area contributed by atoms with E-state index in [2.05, 4.69) is 0 Å². The van der Waals surface area contributed by atoms with Crippen LogP contribution in [0, 0.1) is 5.92 Å². The van der Waals surface area contributed by atoms with E-state index in [9.17, 15) is 18.0 Å². The lowest BCUT2D eigenvalue weighted by Gasteiger charge is -2.24. The lowest BCUT2D eigenvalue weighted by atomic mass is 10.1. The summed E-state index contributed by atoms with van der Waals surface area (Å²) in [5, 5.41) is 9.08. The van der Waals surface area contributed by atoms with Gasteiger partial charge in [0.25, 0.3) is 5.91 Å². The van der Waals surface area contributed by atoms with Gasteiger partial charge in [-0.25, -0.2) is 8.42 Å². The second kappa shape index (κ2) is 7.99. The standard InChI is InChI=1S/C18H25NO5S/c1-3-4-11-25(23,24)16-9-5-14(6-10-16)17(20)19(15-7-8-15)12-13(2)18(21)22/h5-6,9-10,13,15H,3-4,7-8,11-12H2,1-2H3,(H,21,22). The predicted octanol–water partition coefficient (Wildman–Crippen LogP) is 2.59. The maximum atomic E-state index is 12.7. The van der Waals surface area contributed by atoms with Crippen LogP contribution in [0.15, 0.2) is 29.2 Å². The van der Waals surface area contributed by atoms with E-state index in [0.717, 1.165) is 19.3 Å². The minimum Gasteiger partial charge on any atom is -0.481 e. The number of nitrogens with zero attached hydrogens (tertiary/aromatic N) is 1. The fourth-order valence-electron chi connectivity index (χ4n) is 2.58. The Morgan fingerprint density at radius 1 is 1.24 bits per heavy atom. The molecule has 6 nitrogen and oxygen atoms in total. The summed E-state index contributed by atoms with van der Waals surface area (Å²) < 4.78 is 24.4. The molecule has 0 aromatic heterocycles. The van der Waals surface area contributed by atoms with Crippen LogP contribution < -0.4 is 0 Å². The molecule has 138 valence electrons. The van der Waals surface area contributed by atoms with E-state index in [1.807, 2.05) is 6.92 Å². The average molecular weight is 367 g/mol. The first-order valence-electron chi connectivity index (χ1n) is 8.63. The number of unbranched alkanes of at least 4 members (excludes halogenated alkanes) is 1. The topological polar surface area (TPSA) is 91.8 Å². The Labute approximate surface area is 148 Å². The molecule has 1 saturated carbocycles. The zero-order valence-corrected chi connectivity index (χ0v) is 15.5. The first-order chi connectivity index (χ1) is 11.8. The molecule has 1 atom stereocenters. The molecule has 2 rings (SSSR count). The van der Waals surface area contributed by atoms with Crippen LogP contribution in [0.2, 0.25) is 0 Å². The zero-order valence-electron chi connectivity index (χ0n) is 14.6. The van der Waals surface area contributed by atoms with Crippen molar-refractivity contribution in [3.63, 3.8) is 0 Å². The van der Waals surface area contributed by atoms with Crippen molar-refractivity contribution in [3.05, 3.63) is 29.8 Å². The molecule has 0 spiro atoms. The molecule has 0 heterocycles. The van der Waals surface area contributed by atoms with Crippen LogP contribution in [0.4, 0.5) is 0 Å². The molecule has 0 aliphatic heterocycles. The number of sulfone groups is 1. The van der Waals surface area contributed by atoms with Crippen molar-refractivity contribution < 1.29 is 23.1 Å². The molecule has 1 aromatic carbocycles. The van der Waals surface area contributed by atoms with E-state index in [4.69, 9.17) is 5.11 Å². The van der Waals surface area contributed by atoms with Gasteiger partial charge in [-0.3, -0.25) is 9.59 Å². The predicted molar refractivity (Wildman–Crippen MR) is 94.3 cm³/mol. The van der Waals surface area contributed by atoms with Crippen molar-refractivity contribution >= 4 is 21.7 Å². The zero-order chi connectivity index (χ0) is 18.6. The van der Waals surface area contributed by atoms with Crippen molar-refractivity contribution in [1.82, 2.24) is 4.90 Å². The SMILES string of the molecule is CCCCS(=O)(=O)c1ccc(C(=O)N(CC(C)C(=O)O)C2CC2)cc1. The van der Waals surface area contributed by atoms with Crippen molar-refractivity contribution in [2.24, 2.45) is 5.92 Å². The van der Waals surface area contributed by atoms with Gasteiger partial charge in [0, 0.05) is 18.2 Å². The number of hydrogen-bond donors (Lipinski definition) is 1. The highest BCUT2D eigenvalue weighted by atomic mass is 32.2. The molecule has 1 aliphatic carbocycles. The third-order valence-electron chi connectivity index (χ3n) is 4.37. The molecule has 1 N–H and O–H groups in total. The monoisotopic (exact) mass is 367 g/mol. The van der Waals surface area contributed by atoms with Gasteiger partial charge in [-0.1, -0.05) is 20.3 Å². The summed E-state index contributed by atoms with van der Waals surface area (Å²) in [6, 6.07) is 6.04. The Balaban J connectivity index is 2.14. The van der Waals surface area contributed by atoms with Crippen LogP contribution >= 0.6 is 0 Å². The Kier molecular flexibility index (Phi) is 6.21. The number of amides is 1. The van der Waals surface area contributed by atoms with Gasteiger partial charge in [-0.05, 0) is 43.5 Å². The first kappa shape index (κ1) is 19.4. The number of aliphatic carboxylic acids is 1. The second-order valence-electron chi connectivity index (χ2n) is 6.62. The van der Waals surface area contributed by atoms with Gasteiger partial charge >= 0.3 is 5.97 Å². The lowest BCUT2D eigenvalue weighted by molar-refractivity contribution is -0.141. The number of carbonyl (C=O) groups is 2. The summed E-state index contributed by atoms with van der Waals surface area (Å²) in [5.41, 5.74) is 0.388. The third-order valence-corrected chi connectivity index (χ3v) is 6.18. The van der Waals surface area contributed by atoms with E-state index < -0.39 is 21.7 Å². The Bertz CT molecular complexity index is 722. The van der Waals surface area contributed by atoms with Crippen molar-refractivity contribution in [2.45, 2.75) is 50.5 Å². The Hall–Kier alpha value is -1.89. The number of hydrogen-bond acceptors (Lipinski definition) is 4. The highest BCUT2D eigenvalue weighted by Crippen LogP contribution is 2.29. The molecule has 0 saturated heterocycles. The number of rotatable bonds is 9. The molecule has 1 amide bonds. The van der Waals surface area contributed by atoms with Crippen LogP contribution in [0.5, 0.6) is 0 Å². The van der Waals surface area contributed by atoms with Gasteiger partial charge in [0.1, 0.15) is 0 Å². The molecule has 0 radical (unpaired) electrons. The quantitative estimate of drug-likeness (QED) is 0.724. The van der Waals surface area contributed by atoms with Crippen LogP contribution in [0.3, 0.4) is 0 Å². The lowest BCUT2D eigenvalue weighted by Crippen LogP contribution is -2.38. The molecule has 7 heteroatoms. The van der Waals surface area contributed by atoms with E-state index in [1.165, 1.54) is 24.3 Å². The fraction of sp³-hybridized carbons (Fsp3) is 0.556. The average Bonchev–Trinajstić information content (AvgIpc) is 3.42. The van der Waals surface area contributed by atoms with E-state index >= 15 is 0 Å². The summed E-state index contributed by atoms with van der Waals surface area (Å²) in [7, 11) is -3.32. The molecule has 1 aliphatic rings. The smallest absolute Gasteiger partial charge is 0.308 e. The molecular weight excluding hydrogens is 342 g/mol. The number of carboxylic acids is 1. The summed E-state index contributed by atoms with van der Waals surface area (Å²) in [4.78, 5) is 25.6. The molecule has 1 unspecified atom stereocenters. The highest BCUT2D eigenvalue weighted by Gasteiger charge is 2.35. The van der Waals surface area contributed by atoms with Crippen molar-refractivity contribution in [2.75, 3.05) is 12.3 Å². The molecule has 1 fully saturated rings. The number of carboxylic acid groups (broad SMARTS) is 1. The third kappa shape index (κ3) is 5.04. The molecule has 25 heavy (non-hydrogen) atoms. The van der Waals surface area contributed by atoms with Gasteiger partial charge in [-0.2, -0.15) is 0 Å². The maximum Gasteiger partial charge on any atom is 0.308 e. The van der Waals surface area contributed by atoms with Crippen LogP contribution in [-0.4, -0.2) is 48.6 Å². The van der Waals surface area contributed by atoms with Crippen LogP contribution in [0.1, 0.15) is 49.9 Å². The van der Waals surface area contributed by atoms with Gasteiger partial charge in [0.15, 0.2) is 9.84 Å². The van der Waals surface area contributed by atoms with Crippen LogP contribution in [-0.2, 0) is 14.6 Å². The minimum absolute atomic E-state index is 0.0854. The van der Waals surface area contributed by atoms with Crippen LogP contribution in [0.25, 0.3) is 0 Å². The number of benzene rings is 1. The second-order valence-corrected chi connectivity index (χ2v) is 8.73. The van der Waals surface area contributed by atoms with Crippen molar-refractivity contribution in [1.29, 1.82) is 0 Å². The van der Waals surface area contributed by atoms with E-state index in [-0.39, 0.29) is 29.1 Å². The maximum absolute atomic E-state index is 12.7. The van der Waals surface area contributed by atoms with E-state index in [1.54, 1.807) is 11.8 Å². The largest absolute Gasteiger partial charge is 0.481 e. The van der Waals surface area contributed by atoms with Crippen molar-refractivity contribution in [3.8, 4) is 0 Å². The number of carbonyl (C=O) groups excluding carboxylic acids is 1.